The van der Waals surface area contributed by atoms with Crippen molar-refractivity contribution in [1.82, 2.24) is 0 Å². The molecule has 0 radical (unpaired) electrons. The Kier molecular flexibility index (Phi) is 34.9. The first-order valence-electron chi connectivity index (χ1n) is 0.833. The Morgan fingerprint density at radius 3 is 1.00 bits per heavy atom. The molecule has 2 unspecified atom stereocenters. The van der Waals surface area contributed by atoms with E-state index in [9.17, 15) is 0 Å². The minimum Gasteiger partial charge on any atom is -1.00 e. The Labute approximate surface area is 125 Å². The monoisotopic (exact) mass is 198 g/mol. The second-order valence-electron chi connectivity index (χ2n) is 0.408. The normalized spacial score (nSPS) is 13.1. The van der Waals surface area contributed by atoms with Crippen molar-refractivity contribution in [2.24, 2.45) is 0 Å². The van der Waals surface area contributed by atoms with E-state index in [1.807, 2.05) is 0 Å². The fourth-order valence-corrected chi connectivity index (χ4v) is 0. The van der Waals surface area contributed by atoms with Gasteiger partial charge in [-0.2, -0.15) is 0 Å². The molecule has 0 bridgehead atoms. The van der Waals surface area contributed by atoms with E-state index in [0.717, 1.165) is 0 Å². The molecule has 0 aliphatic heterocycles. The van der Waals surface area contributed by atoms with E-state index in [2.05, 4.69) is 0 Å². The van der Waals surface area contributed by atoms with E-state index in [0.29, 0.717) is 0 Å². The first-order chi connectivity index (χ1) is 2.64. The second-order valence-corrected chi connectivity index (χ2v) is 2.86. The molecule has 0 fully saturated rings. The molecule has 0 aromatic rings. The van der Waals surface area contributed by atoms with E-state index in [1.165, 1.54) is 0 Å². The standard InChI is InChI=1S/3Na.H2O4S2.H/c;;;1-5(2)6(3)4;/h;;;(H,1,2)(H,3,4);/q3*+1;;-1/p-2. The van der Waals surface area contributed by atoms with Crippen molar-refractivity contribution < 1.29 is 108 Å². The van der Waals surface area contributed by atoms with E-state index in [-0.39, 0.29) is 90.1 Å². The molecule has 0 saturated heterocycles. The average Bonchev–Trinajstić information content (AvgIpc) is 1.36. The van der Waals surface area contributed by atoms with Crippen LogP contribution in [0, 0.1) is 0 Å². The fourth-order valence-electron chi connectivity index (χ4n) is 0. The molecule has 0 aromatic carbocycles. The zero-order valence-corrected chi connectivity index (χ0v) is 13.1. The first-order valence-corrected chi connectivity index (χ1v) is 3.50. The molecule has 0 saturated carbocycles. The molecule has 0 N–H and O–H groups in total. The van der Waals surface area contributed by atoms with Gasteiger partial charge in [0.05, 0.1) is 0 Å². The maximum absolute atomic E-state index is 9.09. The molecule has 0 aliphatic rings. The zero-order chi connectivity index (χ0) is 5.15. The van der Waals surface area contributed by atoms with Crippen LogP contribution in [0.15, 0.2) is 0 Å². The van der Waals surface area contributed by atoms with E-state index in [1.54, 1.807) is 0 Å². The summed E-state index contributed by atoms with van der Waals surface area (Å²) in [5, 5.41) is 0. The topological polar surface area (TPSA) is 80.3 Å². The van der Waals surface area contributed by atoms with Crippen LogP contribution < -0.4 is 88.7 Å². The summed E-state index contributed by atoms with van der Waals surface area (Å²) in [7, 11) is -5.90. The van der Waals surface area contributed by atoms with Gasteiger partial charge in [0.2, 0.25) is 0 Å². The summed E-state index contributed by atoms with van der Waals surface area (Å²) in [5.41, 5.74) is 0. The third-order valence-corrected chi connectivity index (χ3v) is 1.00. The molecule has 40 valence electrons. The molecule has 0 aromatic heterocycles. The number of hydrogen-bond donors (Lipinski definition) is 0. The molecule has 0 spiro atoms. The molecule has 0 heterocycles. The van der Waals surface area contributed by atoms with Crippen LogP contribution in [0.2, 0.25) is 0 Å². The summed E-state index contributed by atoms with van der Waals surface area (Å²) < 4.78 is 36.3. The molecular formula is HNa3O4S2. The van der Waals surface area contributed by atoms with Gasteiger partial charge in [0.15, 0.2) is 0 Å². The Bertz CT molecular complexity index is 84.5. The maximum atomic E-state index is 9.09. The number of rotatable bonds is 1. The quantitative estimate of drug-likeness (QED) is 0.238. The van der Waals surface area contributed by atoms with Crippen molar-refractivity contribution in [1.29, 1.82) is 0 Å². The largest absolute Gasteiger partial charge is 1.00 e. The number of hydrogen-bond acceptors (Lipinski definition) is 4. The molecule has 0 amide bonds. The van der Waals surface area contributed by atoms with Crippen molar-refractivity contribution >= 4 is 20.2 Å². The smallest absolute Gasteiger partial charge is 1.00 e. The SMILES string of the molecule is O=S([O-])S(=O)[O-].[H-].[Na+].[Na+].[Na+]. The molecule has 4 nitrogen and oxygen atoms in total. The van der Waals surface area contributed by atoms with E-state index in [4.69, 9.17) is 17.5 Å². The van der Waals surface area contributed by atoms with Gasteiger partial charge in [-0.05, 0) is 0 Å². The van der Waals surface area contributed by atoms with Crippen LogP contribution in [0.25, 0.3) is 0 Å². The second kappa shape index (κ2) is 13.8. The van der Waals surface area contributed by atoms with Crippen LogP contribution in [-0.2, 0) is 20.2 Å². The van der Waals surface area contributed by atoms with Crippen molar-refractivity contribution in [2.45, 2.75) is 0 Å². The van der Waals surface area contributed by atoms with Crippen molar-refractivity contribution in [3.63, 3.8) is 0 Å². The van der Waals surface area contributed by atoms with Crippen LogP contribution in [0.4, 0.5) is 0 Å². The molecule has 0 rings (SSSR count). The first kappa shape index (κ1) is 22.8. The van der Waals surface area contributed by atoms with Crippen molar-refractivity contribution in [3.8, 4) is 0 Å². The van der Waals surface area contributed by atoms with Gasteiger partial charge in [0.1, 0.15) is 0 Å². The van der Waals surface area contributed by atoms with Crippen molar-refractivity contribution in [2.75, 3.05) is 0 Å². The minimum atomic E-state index is -2.95. The van der Waals surface area contributed by atoms with Gasteiger partial charge in [-0.15, -0.1) is 0 Å². The summed E-state index contributed by atoms with van der Waals surface area (Å²) in [4.78, 5) is 0. The Balaban J connectivity index is -0.0000000208. The van der Waals surface area contributed by atoms with Gasteiger partial charge in [-0.3, -0.25) is 8.42 Å². The third kappa shape index (κ3) is 18.3. The molecule has 9 heavy (non-hydrogen) atoms. The van der Waals surface area contributed by atoms with Gasteiger partial charge >= 0.3 is 88.7 Å². The van der Waals surface area contributed by atoms with Gasteiger partial charge < -0.3 is 10.5 Å². The fraction of sp³-hybridized carbons (Fsp3) is 0. The maximum Gasteiger partial charge on any atom is 1.00 e. The van der Waals surface area contributed by atoms with Gasteiger partial charge in [-0.1, -0.05) is 0 Å². The Morgan fingerprint density at radius 1 is 0.889 bits per heavy atom. The van der Waals surface area contributed by atoms with Crippen LogP contribution >= 0.6 is 0 Å². The van der Waals surface area contributed by atoms with Gasteiger partial charge in [0.25, 0.3) is 0 Å². The zero-order valence-electron chi connectivity index (χ0n) is 6.45. The Morgan fingerprint density at radius 2 is 1.00 bits per heavy atom. The Hall–Kier alpha value is 3.22. The molecule has 2 atom stereocenters. The average molecular weight is 198 g/mol. The van der Waals surface area contributed by atoms with Crippen LogP contribution in [0.5, 0.6) is 0 Å². The summed E-state index contributed by atoms with van der Waals surface area (Å²) >= 11 is 0. The van der Waals surface area contributed by atoms with Gasteiger partial charge in [0, 0.05) is 20.2 Å². The molecular weight excluding hydrogens is 197 g/mol. The predicted octanol–water partition coefficient (Wildman–Crippen LogP) is -10.2. The van der Waals surface area contributed by atoms with E-state index < -0.39 is 20.2 Å². The van der Waals surface area contributed by atoms with Crippen molar-refractivity contribution in [3.05, 3.63) is 0 Å². The predicted molar refractivity (Wildman–Crippen MR) is 19.0 cm³/mol. The van der Waals surface area contributed by atoms with Crippen LogP contribution in [0.1, 0.15) is 1.43 Å². The van der Waals surface area contributed by atoms with E-state index >= 15 is 0 Å². The summed E-state index contributed by atoms with van der Waals surface area (Å²) in [5.74, 6) is 0. The third-order valence-electron chi connectivity index (χ3n) is 0.111. The summed E-state index contributed by atoms with van der Waals surface area (Å²) in [6, 6.07) is 0. The van der Waals surface area contributed by atoms with Gasteiger partial charge in [-0.25, -0.2) is 0 Å². The summed E-state index contributed by atoms with van der Waals surface area (Å²) in [6.45, 7) is 0. The molecule has 9 heteroatoms. The van der Waals surface area contributed by atoms with Crippen LogP contribution in [-0.4, -0.2) is 17.5 Å². The van der Waals surface area contributed by atoms with Crippen LogP contribution in [0.3, 0.4) is 0 Å². The minimum absolute atomic E-state index is 0. The summed E-state index contributed by atoms with van der Waals surface area (Å²) in [6.07, 6.45) is 0. The molecule has 0 aliphatic carbocycles.